The number of hydrogen-bond donors (Lipinski definition) is 2. The molecule has 0 aliphatic heterocycles. The largest absolute Gasteiger partial charge is 0.387 e. The van der Waals surface area contributed by atoms with Gasteiger partial charge in [0.05, 0.1) is 16.9 Å². The number of aromatic nitrogens is 4. The number of tetrazole rings is 1. The lowest BCUT2D eigenvalue weighted by Crippen LogP contribution is -2.42. The highest BCUT2D eigenvalue weighted by molar-refractivity contribution is 7.98. The number of rotatable bonds is 6. The minimum absolute atomic E-state index is 0.177. The summed E-state index contributed by atoms with van der Waals surface area (Å²) >= 11 is 1.53. The van der Waals surface area contributed by atoms with Crippen LogP contribution in [-0.4, -0.2) is 55.4 Å². The lowest BCUT2D eigenvalue weighted by atomic mass is 10.1. The Morgan fingerprint density at radius 1 is 1.48 bits per heavy atom. The van der Waals surface area contributed by atoms with Crippen LogP contribution in [0.3, 0.4) is 0 Å². The number of benzene rings is 1. The van der Waals surface area contributed by atoms with E-state index in [-0.39, 0.29) is 12.5 Å². The van der Waals surface area contributed by atoms with E-state index < -0.39 is 5.60 Å². The van der Waals surface area contributed by atoms with Crippen molar-refractivity contribution < 1.29 is 9.90 Å². The summed E-state index contributed by atoms with van der Waals surface area (Å²) in [6.45, 7) is 1.87. The van der Waals surface area contributed by atoms with Crippen LogP contribution in [0.1, 0.15) is 17.3 Å². The summed E-state index contributed by atoms with van der Waals surface area (Å²) in [5.74, 6) is 0.268. The number of nitrogens with zero attached hydrogens (tertiary/aromatic N) is 4. The Hall–Kier alpha value is -1.93. The van der Waals surface area contributed by atoms with E-state index in [9.17, 15) is 9.90 Å². The molecule has 2 aromatic rings. The number of aliphatic hydroxyl groups is 1. The van der Waals surface area contributed by atoms with Crippen LogP contribution in [0.25, 0.3) is 5.69 Å². The third-order valence-corrected chi connectivity index (χ3v) is 3.74. The first kappa shape index (κ1) is 15.5. The van der Waals surface area contributed by atoms with Gasteiger partial charge in [0.15, 0.2) is 0 Å². The lowest BCUT2D eigenvalue weighted by molar-refractivity contribution is 0.0725. The van der Waals surface area contributed by atoms with Crippen LogP contribution in [0.15, 0.2) is 30.6 Å². The molecule has 21 heavy (non-hydrogen) atoms. The molecule has 0 saturated heterocycles. The van der Waals surface area contributed by atoms with Crippen molar-refractivity contribution in [2.75, 3.05) is 18.6 Å². The number of amides is 1. The summed E-state index contributed by atoms with van der Waals surface area (Å²) in [5.41, 5.74) is 0.0907. The molecule has 8 heteroatoms. The Morgan fingerprint density at radius 3 is 2.90 bits per heavy atom. The quantitative estimate of drug-likeness (QED) is 0.807. The van der Waals surface area contributed by atoms with Gasteiger partial charge in [0.25, 0.3) is 5.91 Å². The van der Waals surface area contributed by atoms with Gasteiger partial charge in [0.1, 0.15) is 6.33 Å². The van der Waals surface area contributed by atoms with Gasteiger partial charge in [-0.1, -0.05) is 12.1 Å². The molecule has 7 nitrogen and oxygen atoms in total. The van der Waals surface area contributed by atoms with E-state index in [1.165, 1.54) is 22.8 Å². The summed E-state index contributed by atoms with van der Waals surface area (Å²) in [6.07, 6.45) is 3.33. The minimum atomic E-state index is -0.946. The van der Waals surface area contributed by atoms with Gasteiger partial charge in [-0.2, -0.15) is 16.4 Å². The molecular weight excluding hydrogens is 290 g/mol. The summed E-state index contributed by atoms with van der Waals surface area (Å²) < 4.78 is 1.43. The van der Waals surface area contributed by atoms with Crippen LogP contribution in [0, 0.1) is 0 Å². The molecule has 1 amide bonds. The van der Waals surface area contributed by atoms with E-state index >= 15 is 0 Å². The number of carbonyl (C=O) groups excluding carboxylic acids is 1. The standard InChI is InChI=1S/C13H17N5O2S/c1-13(20,8-21-2)7-14-12(19)10-5-3-4-6-11(10)18-9-15-16-17-18/h3-6,9,20H,7-8H2,1-2H3,(H,14,19). The van der Waals surface area contributed by atoms with Gasteiger partial charge < -0.3 is 10.4 Å². The molecule has 1 unspecified atom stereocenters. The number of carbonyl (C=O) groups is 1. The van der Waals surface area contributed by atoms with Crippen molar-refractivity contribution in [1.29, 1.82) is 0 Å². The maximum absolute atomic E-state index is 12.3. The Bertz CT molecular complexity index is 600. The van der Waals surface area contributed by atoms with Gasteiger partial charge >= 0.3 is 0 Å². The Labute approximate surface area is 126 Å². The molecule has 0 bridgehead atoms. The molecule has 2 rings (SSSR count). The van der Waals surface area contributed by atoms with Crippen LogP contribution < -0.4 is 5.32 Å². The molecule has 0 fully saturated rings. The van der Waals surface area contributed by atoms with Crippen molar-refractivity contribution in [2.45, 2.75) is 12.5 Å². The van der Waals surface area contributed by atoms with E-state index in [0.29, 0.717) is 17.0 Å². The van der Waals surface area contributed by atoms with Crippen LogP contribution in [0.2, 0.25) is 0 Å². The minimum Gasteiger partial charge on any atom is -0.387 e. The van der Waals surface area contributed by atoms with Crippen molar-refractivity contribution in [3.8, 4) is 5.69 Å². The predicted molar refractivity (Wildman–Crippen MR) is 80.5 cm³/mol. The smallest absolute Gasteiger partial charge is 0.253 e. The first-order valence-corrected chi connectivity index (χ1v) is 7.75. The highest BCUT2D eigenvalue weighted by Crippen LogP contribution is 2.14. The second-order valence-corrected chi connectivity index (χ2v) is 5.75. The van der Waals surface area contributed by atoms with Crippen LogP contribution >= 0.6 is 11.8 Å². The summed E-state index contributed by atoms with van der Waals surface area (Å²) in [7, 11) is 0. The summed E-state index contributed by atoms with van der Waals surface area (Å²) in [5, 5.41) is 23.8. The predicted octanol–water partition coefficient (Wildman–Crippen LogP) is 0.506. The van der Waals surface area contributed by atoms with E-state index in [1.807, 2.05) is 6.26 Å². The van der Waals surface area contributed by atoms with Gasteiger partial charge in [-0.25, -0.2) is 0 Å². The van der Waals surface area contributed by atoms with Crippen molar-refractivity contribution in [3.05, 3.63) is 36.2 Å². The Balaban J connectivity index is 2.14. The average Bonchev–Trinajstić information content (AvgIpc) is 2.99. The second-order valence-electron chi connectivity index (χ2n) is 4.88. The number of thioether (sulfide) groups is 1. The molecule has 1 atom stereocenters. The molecular formula is C13H17N5O2S. The molecule has 1 heterocycles. The SMILES string of the molecule is CSCC(C)(O)CNC(=O)c1ccccc1-n1cnnn1. The zero-order valence-corrected chi connectivity index (χ0v) is 12.7. The Morgan fingerprint density at radius 2 is 2.24 bits per heavy atom. The molecule has 1 aromatic heterocycles. The van der Waals surface area contributed by atoms with Gasteiger partial charge in [0, 0.05) is 12.3 Å². The molecule has 0 saturated carbocycles. The topological polar surface area (TPSA) is 92.9 Å². The lowest BCUT2D eigenvalue weighted by Gasteiger charge is -2.22. The fraction of sp³-hybridized carbons (Fsp3) is 0.385. The third kappa shape index (κ3) is 4.02. The van der Waals surface area contributed by atoms with Crippen molar-refractivity contribution in [2.24, 2.45) is 0 Å². The van der Waals surface area contributed by atoms with Gasteiger partial charge in [0.2, 0.25) is 0 Å². The van der Waals surface area contributed by atoms with E-state index in [1.54, 1.807) is 31.2 Å². The molecule has 112 valence electrons. The molecule has 0 aliphatic carbocycles. The summed E-state index contributed by atoms with van der Waals surface area (Å²) in [4.78, 5) is 12.3. The normalized spacial score (nSPS) is 13.7. The molecule has 0 spiro atoms. The first-order valence-electron chi connectivity index (χ1n) is 6.35. The fourth-order valence-corrected chi connectivity index (χ4v) is 2.59. The molecule has 0 radical (unpaired) electrons. The highest BCUT2D eigenvalue weighted by Gasteiger charge is 2.22. The number of para-hydroxylation sites is 1. The van der Waals surface area contributed by atoms with Crippen LogP contribution in [-0.2, 0) is 0 Å². The maximum atomic E-state index is 12.3. The molecule has 2 N–H and O–H groups in total. The first-order chi connectivity index (χ1) is 10.0. The number of nitrogens with one attached hydrogen (secondary N) is 1. The number of hydrogen-bond acceptors (Lipinski definition) is 6. The highest BCUT2D eigenvalue weighted by atomic mass is 32.2. The molecule has 0 aliphatic rings. The third-order valence-electron chi connectivity index (χ3n) is 2.83. The van der Waals surface area contributed by atoms with Crippen LogP contribution in [0.4, 0.5) is 0 Å². The summed E-state index contributed by atoms with van der Waals surface area (Å²) in [6, 6.07) is 7.02. The fourth-order valence-electron chi connectivity index (χ4n) is 1.86. The Kier molecular flexibility index (Phi) is 4.92. The van der Waals surface area contributed by atoms with Crippen molar-refractivity contribution >= 4 is 17.7 Å². The van der Waals surface area contributed by atoms with E-state index in [4.69, 9.17) is 0 Å². The molecule has 1 aromatic carbocycles. The maximum Gasteiger partial charge on any atom is 0.253 e. The monoisotopic (exact) mass is 307 g/mol. The van der Waals surface area contributed by atoms with E-state index in [0.717, 1.165) is 0 Å². The average molecular weight is 307 g/mol. The van der Waals surface area contributed by atoms with Gasteiger partial charge in [-0.3, -0.25) is 4.79 Å². The van der Waals surface area contributed by atoms with Crippen molar-refractivity contribution in [1.82, 2.24) is 25.5 Å². The van der Waals surface area contributed by atoms with Crippen LogP contribution in [0.5, 0.6) is 0 Å². The second kappa shape index (κ2) is 6.68. The zero-order chi connectivity index (χ0) is 15.3. The zero-order valence-electron chi connectivity index (χ0n) is 11.9. The van der Waals surface area contributed by atoms with E-state index in [2.05, 4.69) is 20.8 Å². The van der Waals surface area contributed by atoms with Crippen molar-refractivity contribution in [3.63, 3.8) is 0 Å². The van der Waals surface area contributed by atoms with Gasteiger partial charge in [-0.15, -0.1) is 5.10 Å². The van der Waals surface area contributed by atoms with Gasteiger partial charge in [-0.05, 0) is 35.7 Å².